The molecule has 4 nitrogen and oxygen atoms in total. The van der Waals surface area contributed by atoms with Crippen LogP contribution < -0.4 is 5.32 Å². The largest absolute Gasteiger partial charge is 0.468 e. The maximum atomic E-state index is 8.53. The third kappa shape index (κ3) is 3.09. The predicted molar refractivity (Wildman–Crippen MR) is 60.6 cm³/mol. The minimum absolute atomic E-state index is 0.444. The molecule has 16 heavy (non-hydrogen) atoms. The Morgan fingerprint density at radius 2 is 2.56 bits per heavy atom. The summed E-state index contributed by atoms with van der Waals surface area (Å²) in [5.74, 6) is 1.01. The van der Waals surface area contributed by atoms with Gasteiger partial charge in [0.2, 0.25) is 0 Å². The molecule has 2 rings (SSSR count). The minimum atomic E-state index is 0.444. The van der Waals surface area contributed by atoms with Gasteiger partial charge in [0.05, 0.1) is 25.4 Å². The van der Waals surface area contributed by atoms with Crippen molar-refractivity contribution in [2.24, 2.45) is 0 Å². The molecule has 1 N–H and O–H groups in total. The average Bonchev–Trinajstić information content (AvgIpc) is 2.80. The van der Waals surface area contributed by atoms with E-state index in [1.165, 1.54) is 6.42 Å². The van der Waals surface area contributed by atoms with Crippen LogP contribution in [0.4, 0.5) is 0 Å². The van der Waals surface area contributed by atoms with Crippen LogP contribution >= 0.6 is 0 Å². The van der Waals surface area contributed by atoms with Crippen molar-refractivity contribution in [1.29, 1.82) is 5.26 Å². The fourth-order valence-electron chi connectivity index (χ4n) is 2.18. The molecule has 1 unspecified atom stereocenters. The van der Waals surface area contributed by atoms with Crippen molar-refractivity contribution >= 4 is 0 Å². The summed E-state index contributed by atoms with van der Waals surface area (Å²) in [6, 6.07) is 6.50. The summed E-state index contributed by atoms with van der Waals surface area (Å²) < 4.78 is 5.34. The second-order valence-corrected chi connectivity index (χ2v) is 4.19. The van der Waals surface area contributed by atoms with Gasteiger partial charge in [-0.3, -0.25) is 4.90 Å². The first-order valence-electron chi connectivity index (χ1n) is 5.73. The summed E-state index contributed by atoms with van der Waals surface area (Å²) in [6.45, 7) is 3.44. The Morgan fingerprint density at radius 1 is 1.62 bits per heavy atom. The number of nitrogens with one attached hydrogen (secondary N) is 1. The average molecular weight is 219 g/mol. The Morgan fingerprint density at radius 3 is 3.31 bits per heavy atom. The van der Waals surface area contributed by atoms with Gasteiger partial charge >= 0.3 is 0 Å². The third-order valence-corrected chi connectivity index (χ3v) is 2.93. The van der Waals surface area contributed by atoms with E-state index >= 15 is 0 Å². The summed E-state index contributed by atoms with van der Waals surface area (Å²) >= 11 is 0. The minimum Gasteiger partial charge on any atom is -0.468 e. The summed E-state index contributed by atoms with van der Waals surface area (Å²) in [5, 5.41) is 11.8. The summed E-state index contributed by atoms with van der Waals surface area (Å²) in [6.07, 6.45) is 4.06. The van der Waals surface area contributed by atoms with E-state index in [2.05, 4.69) is 16.3 Å². The normalized spacial score (nSPS) is 21.8. The molecule has 4 heteroatoms. The molecule has 2 heterocycles. The van der Waals surface area contributed by atoms with E-state index in [0.717, 1.165) is 31.8 Å². The second-order valence-electron chi connectivity index (χ2n) is 4.19. The van der Waals surface area contributed by atoms with Gasteiger partial charge in [-0.2, -0.15) is 5.26 Å². The molecule has 0 aromatic carbocycles. The molecule has 1 aromatic heterocycles. The molecule has 0 amide bonds. The van der Waals surface area contributed by atoms with E-state index in [0.29, 0.717) is 12.6 Å². The molecule has 1 aliphatic heterocycles. The molecule has 1 fully saturated rings. The maximum absolute atomic E-state index is 8.53. The zero-order valence-corrected chi connectivity index (χ0v) is 9.35. The standard InChI is InChI=1S/C12H17N3O/c13-5-6-14-11-3-1-7-15(9-11)10-12-4-2-8-16-12/h2,4,8,11,14H,1,3,6-7,9-10H2. The quantitative estimate of drug-likeness (QED) is 0.777. The molecular formula is C12H17N3O. The van der Waals surface area contributed by atoms with Gasteiger partial charge in [-0.15, -0.1) is 0 Å². The fraction of sp³-hybridized carbons (Fsp3) is 0.583. The van der Waals surface area contributed by atoms with E-state index in [1.54, 1.807) is 6.26 Å². The van der Waals surface area contributed by atoms with Crippen molar-refractivity contribution < 1.29 is 4.42 Å². The highest BCUT2D eigenvalue weighted by molar-refractivity contribution is 4.98. The van der Waals surface area contributed by atoms with E-state index in [1.807, 2.05) is 12.1 Å². The van der Waals surface area contributed by atoms with Gasteiger partial charge in [0, 0.05) is 12.6 Å². The van der Waals surface area contributed by atoms with Crippen molar-refractivity contribution in [2.75, 3.05) is 19.6 Å². The molecule has 0 radical (unpaired) electrons. The molecule has 1 aromatic rings. The number of rotatable bonds is 4. The zero-order chi connectivity index (χ0) is 11.2. The first-order chi connectivity index (χ1) is 7.88. The smallest absolute Gasteiger partial charge is 0.117 e. The lowest BCUT2D eigenvalue weighted by Gasteiger charge is -2.32. The number of nitriles is 1. The number of likely N-dealkylation sites (tertiary alicyclic amines) is 1. The van der Waals surface area contributed by atoms with Crippen LogP contribution in [0.1, 0.15) is 18.6 Å². The second kappa shape index (κ2) is 5.69. The van der Waals surface area contributed by atoms with Crippen LogP contribution in [-0.4, -0.2) is 30.6 Å². The molecule has 1 atom stereocenters. The first-order valence-corrected chi connectivity index (χ1v) is 5.73. The SMILES string of the molecule is N#CCNC1CCCN(Cc2ccco2)C1. The molecule has 1 aliphatic rings. The Kier molecular flexibility index (Phi) is 3.97. The lowest BCUT2D eigenvalue weighted by Crippen LogP contribution is -2.45. The molecule has 0 spiro atoms. The Labute approximate surface area is 95.8 Å². The first kappa shape index (κ1) is 11.2. The van der Waals surface area contributed by atoms with E-state index in [9.17, 15) is 0 Å². The molecule has 0 saturated carbocycles. The zero-order valence-electron chi connectivity index (χ0n) is 9.35. The van der Waals surface area contributed by atoms with Crippen LogP contribution in [-0.2, 0) is 6.54 Å². The van der Waals surface area contributed by atoms with Crippen molar-refractivity contribution in [2.45, 2.75) is 25.4 Å². The summed E-state index contributed by atoms with van der Waals surface area (Å²) in [4.78, 5) is 2.37. The Hall–Kier alpha value is -1.31. The molecule has 1 saturated heterocycles. The van der Waals surface area contributed by atoms with Gasteiger partial charge in [-0.25, -0.2) is 0 Å². The van der Waals surface area contributed by atoms with Gasteiger partial charge in [0.25, 0.3) is 0 Å². The highest BCUT2D eigenvalue weighted by Gasteiger charge is 2.19. The van der Waals surface area contributed by atoms with E-state index in [-0.39, 0.29) is 0 Å². The van der Waals surface area contributed by atoms with E-state index in [4.69, 9.17) is 9.68 Å². The van der Waals surface area contributed by atoms with Crippen molar-refractivity contribution in [1.82, 2.24) is 10.2 Å². The van der Waals surface area contributed by atoms with Gasteiger partial charge in [-0.05, 0) is 31.5 Å². The molecule has 0 aliphatic carbocycles. The van der Waals surface area contributed by atoms with E-state index < -0.39 is 0 Å². The van der Waals surface area contributed by atoms with Crippen molar-refractivity contribution in [3.8, 4) is 6.07 Å². The Balaban J connectivity index is 1.80. The van der Waals surface area contributed by atoms with Crippen LogP contribution in [0.2, 0.25) is 0 Å². The van der Waals surface area contributed by atoms with Gasteiger partial charge in [-0.1, -0.05) is 0 Å². The van der Waals surface area contributed by atoms with Crippen LogP contribution in [0.3, 0.4) is 0 Å². The van der Waals surface area contributed by atoms with Gasteiger partial charge < -0.3 is 9.73 Å². The van der Waals surface area contributed by atoms with Crippen LogP contribution in [0, 0.1) is 11.3 Å². The third-order valence-electron chi connectivity index (χ3n) is 2.93. The lowest BCUT2D eigenvalue weighted by atomic mass is 10.1. The molecular weight excluding hydrogens is 202 g/mol. The highest BCUT2D eigenvalue weighted by Crippen LogP contribution is 2.13. The number of nitrogens with zero attached hydrogens (tertiary/aromatic N) is 2. The maximum Gasteiger partial charge on any atom is 0.117 e. The Bertz CT molecular complexity index is 342. The topological polar surface area (TPSA) is 52.2 Å². The summed E-state index contributed by atoms with van der Waals surface area (Å²) in [7, 11) is 0. The van der Waals surface area contributed by atoms with Crippen molar-refractivity contribution in [3.05, 3.63) is 24.2 Å². The van der Waals surface area contributed by atoms with Crippen molar-refractivity contribution in [3.63, 3.8) is 0 Å². The fourth-order valence-corrected chi connectivity index (χ4v) is 2.18. The number of hydrogen-bond acceptors (Lipinski definition) is 4. The predicted octanol–water partition coefficient (Wildman–Crippen LogP) is 1.36. The molecule has 86 valence electrons. The summed E-state index contributed by atoms with van der Waals surface area (Å²) in [5.41, 5.74) is 0. The van der Waals surface area contributed by atoms with Gasteiger partial charge in [0.15, 0.2) is 0 Å². The molecule has 0 bridgehead atoms. The lowest BCUT2D eigenvalue weighted by molar-refractivity contribution is 0.174. The van der Waals surface area contributed by atoms with Crippen LogP contribution in [0.15, 0.2) is 22.8 Å². The van der Waals surface area contributed by atoms with Gasteiger partial charge in [0.1, 0.15) is 5.76 Å². The number of hydrogen-bond donors (Lipinski definition) is 1. The number of furan rings is 1. The van der Waals surface area contributed by atoms with Crippen LogP contribution in [0.5, 0.6) is 0 Å². The monoisotopic (exact) mass is 219 g/mol. The highest BCUT2D eigenvalue weighted by atomic mass is 16.3. The number of piperidine rings is 1. The van der Waals surface area contributed by atoms with Crippen LogP contribution in [0.25, 0.3) is 0 Å².